The molecule has 0 radical (unpaired) electrons. The lowest BCUT2D eigenvalue weighted by atomic mass is 10.1. The Bertz CT molecular complexity index is 1210. The third-order valence-corrected chi connectivity index (χ3v) is 4.83. The standard InChI is InChI=1S/C16H13N3O2.C12H10/c20-15-8-13(21-9-12-4-2-1-3-5-12)6-7-14(15)16-18-10-17-11-19-16;1-3-7-11(8-4-1)12-9-5-2-6-10-12/h1-8,10-11,20H,9H2;1-10H. The van der Waals surface area contributed by atoms with Crippen LogP contribution in [0.4, 0.5) is 0 Å². The molecule has 0 aliphatic heterocycles. The van der Waals surface area contributed by atoms with Crippen molar-refractivity contribution >= 4 is 0 Å². The third-order valence-electron chi connectivity index (χ3n) is 4.83. The largest absolute Gasteiger partial charge is 0.507 e. The molecule has 0 saturated carbocycles. The Balaban J connectivity index is 0.000000183. The number of rotatable bonds is 5. The van der Waals surface area contributed by atoms with Gasteiger partial charge in [0, 0.05) is 6.07 Å². The van der Waals surface area contributed by atoms with Crippen molar-refractivity contribution in [3.05, 3.63) is 127 Å². The SMILES string of the molecule is Oc1cc(OCc2ccccc2)ccc1-c1ncncn1.c1ccc(-c2ccccc2)cc1. The minimum Gasteiger partial charge on any atom is -0.507 e. The first-order chi connectivity index (χ1) is 16.3. The minimum atomic E-state index is 0.0757. The third kappa shape index (κ3) is 6.24. The van der Waals surface area contributed by atoms with Crippen molar-refractivity contribution in [3.63, 3.8) is 0 Å². The number of hydrogen-bond acceptors (Lipinski definition) is 5. The summed E-state index contributed by atoms with van der Waals surface area (Å²) in [5.74, 6) is 1.10. The van der Waals surface area contributed by atoms with E-state index >= 15 is 0 Å². The van der Waals surface area contributed by atoms with Crippen LogP contribution < -0.4 is 4.74 Å². The van der Waals surface area contributed by atoms with Crippen molar-refractivity contribution in [3.8, 4) is 34.0 Å². The Morgan fingerprint density at radius 2 is 1.18 bits per heavy atom. The van der Waals surface area contributed by atoms with E-state index in [2.05, 4.69) is 63.5 Å². The molecule has 1 N–H and O–H groups in total. The molecule has 0 aliphatic carbocycles. The van der Waals surface area contributed by atoms with Gasteiger partial charge in [-0.1, -0.05) is 91.0 Å². The predicted octanol–water partition coefficient (Wildman–Crippen LogP) is 6.18. The Morgan fingerprint density at radius 3 is 1.73 bits per heavy atom. The molecule has 33 heavy (non-hydrogen) atoms. The van der Waals surface area contributed by atoms with Crippen LogP contribution in [0.2, 0.25) is 0 Å². The molecular weight excluding hydrogens is 410 g/mol. The van der Waals surface area contributed by atoms with Crippen LogP contribution in [-0.4, -0.2) is 20.1 Å². The molecule has 4 aromatic carbocycles. The van der Waals surface area contributed by atoms with E-state index in [1.54, 1.807) is 18.2 Å². The molecular formula is C28H23N3O2. The summed E-state index contributed by atoms with van der Waals surface area (Å²) in [4.78, 5) is 11.8. The van der Waals surface area contributed by atoms with Gasteiger partial charge in [0.2, 0.25) is 0 Å². The number of benzene rings is 4. The summed E-state index contributed by atoms with van der Waals surface area (Å²) in [6.07, 6.45) is 2.78. The van der Waals surface area contributed by atoms with Crippen molar-refractivity contribution in [2.75, 3.05) is 0 Å². The Labute approximate surface area is 193 Å². The number of aromatic nitrogens is 3. The Morgan fingerprint density at radius 1 is 0.636 bits per heavy atom. The Kier molecular flexibility index (Phi) is 7.37. The zero-order valence-corrected chi connectivity index (χ0v) is 18.0. The van der Waals surface area contributed by atoms with E-state index in [1.165, 1.54) is 23.8 Å². The van der Waals surface area contributed by atoms with Crippen molar-refractivity contribution in [2.24, 2.45) is 0 Å². The van der Waals surface area contributed by atoms with E-state index in [-0.39, 0.29) is 5.75 Å². The van der Waals surface area contributed by atoms with Crippen LogP contribution in [0.25, 0.3) is 22.5 Å². The van der Waals surface area contributed by atoms with Crippen LogP contribution in [0, 0.1) is 0 Å². The number of ether oxygens (including phenoxy) is 1. The van der Waals surface area contributed by atoms with Crippen molar-refractivity contribution in [2.45, 2.75) is 6.61 Å². The summed E-state index contributed by atoms with van der Waals surface area (Å²) < 4.78 is 5.65. The van der Waals surface area contributed by atoms with Gasteiger partial charge in [-0.05, 0) is 28.8 Å². The molecule has 0 aliphatic rings. The first kappa shape index (κ1) is 21.7. The molecule has 5 rings (SSSR count). The molecule has 0 atom stereocenters. The first-order valence-electron chi connectivity index (χ1n) is 10.5. The highest BCUT2D eigenvalue weighted by Crippen LogP contribution is 2.30. The average molecular weight is 434 g/mol. The zero-order chi connectivity index (χ0) is 22.7. The molecule has 0 amide bonds. The second kappa shape index (κ2) is 11.2. The second-order valence-corrected chi connectivity index (χ2v) is 7.15. The summed E-state index contributed by atoms with van der Waals surface area (Å²) in [5.41, 5.74) is 4.17. The lowest BCUT2D eigenvalue weighted by Gasteiger charge is -2.08. The summed E-state index contributed by atoms with van der Waals surface area (Å²) in [7, 11) is 0. The summed E-state index contributed by atoms with van der Waals surface area (Å²) >= 11 is 0. The van der Waals surface area contributed by atoms with E-state index < -0.39 is 0 Å². The second-order valence-electron chi connectivity index (χ2n) is 7.15. The van der Waals surface area contributed by atoms with Gasteiger partial charge in [0.05, 0.1) is 5.56 Å². The molecule has 5 aromatic rings. The number of phenols is 1. The predicted molar refractivity (Wildman–Crippen MR) is 130 cm³/mol. The lowest BCUT2D eigenvalue weighted by Crippen LogP contribution is -1.95. The van der Waals surface area contributed by atoms with Gasteiger partial charge in [-0.15, -0.1) is 0 Å². The van der Waals surface area contributed by atoms with Crippen LogP contribution in [0.5, 0.6) is 11.5 Å². The van der Waals surface area contributed by atoms with E-state index in [4.69, 9.17) is 4.74 Å². The van der Waals surface area contributed by atoms with Gasteiger partial charge in [0.15, 0.2) is 5.82 Å². The van der Waals surface area contributed by atoms with Crippen molar-refractivity contribution in [1.82, 2.24) is 15.0 Å². The summed E-state index contributed by atoms with van der Waals surface area (Å²) in [6.45, 7) is 0.450. The molecule has 0 saturated heterocycles. The normalized spacial score (nSPS) is 10.1. The molecule has 0 spiro atoms. The maximum absolute atomic E-state index is 10.1. The number of phenolic OH excluding ortho intramolecular Hbond substituents is 1. The maximum atomic E-state index is 10.1. The molecule has 1 heterocycles. The van der Waals surface area contributed by atoms with E-state index in [0.29, 0.717) is 23.7 Å². The monoisotopic (exact) mass is 433 g/mol. The summed E-state index contributed by atoms with van der Waals surface area (Å²) in [5, 5.41) is 10.1. The van der Waals surface area contributed by atoms with E-state index in [9.17, 15) is 5.11 Å². The van der Waals surface area contributed by atoms with E-state index in [1.807, 2.05) is 42.5 Å². The fourth-order valence-electron chi connectivity index (χ4n) is 3.17. The smallest absolute Gasteiger partial charge is 0.166 e. The van der Waals surface area contributed by atoms with Crippen LogP contribution in [-0.2, 0) is 6.61 Å². The Hall–Kier alpha value is -4.51. The van der Waals surface area contributed by atoms with Crippen LogP contribution in [0.1, 0.15) is 5.56 Å². The number of nitrogens with zero attached hydrogens (tertiary/aromatic N) is 3. The number of hydrogen-bond donors (Lipinski definition) is 1. The van der Waals surface area contributed by atoms with E-state index in [0.717, 1.165) is 5.56 Å². The van der Waals surface area contributed by atoms with Crippen molar-refractivity contribution in [1.29, 1.82) is 0 Å². The highest BCUT2D eigenvalue weighted by molar-refractivity contribution is 5.65. The molecule has 0 bridgehead atoms. The fraction of sp³-hybridized carbons (Fsp3) is 0.0357. The lowest BCUT2D eigenvalue weighted by molar-refractivity contribution is 0.304. The highest BCUT2D eigenvalue weighted by Gasteiger charge is 2.08. The van der Waals surface area contributed by atoms with Gasteiger partial charge in [0.1, 0.15) is 30.8 Å². The molecule has 1 aromatic heterocycles. The average Bonchev–Trinajstić information content (AvgIpc) is 2.90. The zero-order valence-electron chi connectivity index (χ0n) is 18.0. The van der Waals surface area contributed by atoms with Crippen LogP contribution in [0.3, 0.4) is 0 Å². The molecule has 162 valence electrons. The van der Waals surface area contributed by atoms with Crippen LogP contribution in [0.15, 0.2) is 122 Å². The molecule has 0 fully saturated rings. The molecule has 5 nitrogen and oxygen atoms in total. The van der Waals surface area contributed by atoms with Gasteiger partial charge in [0.25, 0.3) is 0 Å². The fourth-order valence-corrected chi connectivity index (χ4v) is 3.17. The number of aromatic hydroxyl groups is 1. The van der Waals surface area contributed by atoms with Gasteiger partial charge in [-0.3, -0.25) is 0 Å². The van der Waals surface area contributed by atoms with Gasteiger partial charge in [-0.25, -0.2) is 15.0 Å². The van der Waals surface area contributed by atoms with Crippen LogP contribution >= 0.6 is 0 Å². The molecule has 0 unspecified atom stereocenters. The minimum absolute atomic E-state index is 0.0757. The summed E-state index contributed by atoms with van der Waals surface area (Å²) in [6, 6.07) is 35.7. The highest BCUT2D eigenvalue weighted by atomic mass is 16.5. The quantitative estimate of drug-likeness (QED) is 0.359. The van der Waals surface area contributed by atoms with Gasteiger partial charge in [-0.2, -0.15) is 0 Å². The molecule has 5 heteroatoms. The first-order valence-corrected chi connectivity index (χ1v) is 10.5. The van der Waals surface area contributed by atoms with Gasteiger partial charge >= 0.3 is 0 Å². The van der Waals surface area contributed by atoms with Crippen molar-refractivity contribution < 1.29 is 9.84 Å². The topological polar surface area (TPSA) is 68.1 Å². The maximum Gasteiger partial charge on any atom is 0.166 e. The van der Waals surface area contributed by atoms with Gasteiger partial charge < -0.3 is 9.84 Å².